The summed E-state index contributed by atoms with van der Waals surface area (Å²) in [6.07, 6.45) is 15.0. The van der Waals surface area contributed by atoms with Gasteiger partial charge in [-0.15, -0.1) is 0 Å². The Balaban J connectivity index is 1.13. The van der Waals surface area contributed by atoms with Crippen molar-refractivity contribution in [3.63, 3.8) is 0 Å². The van der Waals surface area contributed by atoms with Gasteiger partial charge in [-0.05, 0) is 62.2 Å². The SMILES string of the molecule is C[Si](C)(CCC1CCC2CC2C1)CC[Si](C)(C)CCC1CCC2OC2C1. The number of epoxide rings is 1. The van der Waals surface area contributed by atoms with Gasteiger partial charge in [-0.2, -0.15) is 0 Å². The molecule has 0 N–H and O–H groups in total. The monoisotopic (exact) mass is 392 g/mol. The summed E-state index contributed by atoms with van der Waals surface area (Å²) in [6.45, 7) is 10.8. The molecule has 0 aromatic heterocycles. The maximum atomic E-state index is 5.74. The molecule has 4 rings (SSSR count). The number of rotatable bonds is 9. The summed E-state index contributed by atoms with van der Waals surface area (Å²) in [5.74, 6) is 4.44. The van der Waals surface area contributed by atoms with Crippen LogP contribution in [0.2, 0.25) is 50.4 Å². The zero-order valence-electron chi connectivity index (χ0n) is 18.1. The van der Waals surface area contributed by atoms with E-state index in [1.807, 2.05) is 0 Å². The van der Waals surface area contributed by atoms with Gasteiger partial charge < -0.3 is 4.74 Å². The standard InChI is InChI=1S/C23H44OSi2/c1-25(2,11-9-18-5-7-20-17-21(20)15-18)13-14-26(3,4)12-10-19-6-8-22-23(16-19)24-22/h18-23H,5-17H2,1-4H3. The van der Waals surface area contributed by atoms with Crippen molar-refractivity contribution in [3.05, 3.63) is 0 Å². The number of ether oxygens (including phenoxy) is 1. The third-order valence-electron chi connectivity index (χ3n) is 8.70. The molecular weight excluding hydrogens is 348 g/mol. The molecule has 0 aromatic carbocycles. The molecule has 3 heteroatoms. The van der Waals surface area contributed by atoms with E-state index in [0.29, 0.717) is 12.2 Å². The Morgan fingerprint density at radius 2 is 1.23 bits per heavy atom. The summed E-state index contributed by atoms with van der Waals surface area (Å²) in [5.41, 5.74) is 0. The molecule has 1 aliphatic heterocycles. The minimum Gasteiger partial charge on any atom is -0.370 e. The van der Waals surface area contributed by atoms with Gasteiger partial charge in [-0.1, -0.05) is 69.6 Å². The summed E-state index contributed by atoms with van der Waals surface area (Å²) in [4.78, 5) is 0. The molecule has 0 aromatic rings. The van der Waals surface area contributed by atoms with Crippen molar-refractivity contribution in [2.45, 2.75) is 120 Å². The molecule has 6 unspecified atom stereocenters. The predicted molar refractivity (Wildman–Crippen MR) is 118 cm³/mol. The molecule has 150 valence electrons. The third-order valence-corrected chi connectivity index (χ3v) is 15.7. The fraction of sp³-hybridized carbons (Fsp3) is 1.00. The van der Waals surface area contributed by atoms with Crippen molar-refractivity contribution >= 4 is 16.1 Å². The molecule has 3 saturated carbocycles. The van der Waals surface area contributed by atoms with Crippen molar-refractivity contribution in [3.8, 4) is 0 Å². The first-order valence-corrected chi connectivity index (χ1v) is 18.8. The lowest BCUT2D eigenvalue weighted by atomic mass is 9.87. The van der Waals surface area contributed by atoms with Crippen LogP contribution in [-0.4, -0.2) is 28.4 Å². The molecule has 0 spiro atoms. The second-order valence-corrected chi connectivity index (χ2v) is 22.9. The molecule has 1 heterocycles. The van der Waals surface area contributed by atoms with E-state index in [1.165, 1.54) is 37.5 Å². The Hall–Kier alpha value is 0.394. The molecule has 4 aliphatic rings. The first-order valence-electron chi connectivity index (χ1n) is 12.0. The summed E-state index contributed by atoms with van der Waals surface area (Å²) in [5, 5.41) is 0. The molecule has 1 nitrogen and oxygen atoms in total. The first kappa shape index (κ1) is 19.7. The molecule has 0 radical (unpaired) electrons. The highest BCUT2D eigenvalue weighted by Gasteiger charge is 2.44. The van der Waals surface area contributed by atoms with Crippen molar-refractivity contribution in [2.24, 2.45) is 23.7 Å². The van der Waals surface area contributed by atoms with Gasteiger partial charge in [0.05, 0.1) is 12.2 Å². The van der Waals surface area contributed by atoms with E-state index in [4.69, 9.17) is 4.74 Å². The molecule has 6 atom stereocenters. The second kappa shape index (κ2) is 7.67. The quantitative estimate of drug-likeness (QED) is 0.299. The van der Waals surface area contributed by atoms with Crippen LogP contribution in [0.25, 0.3) is 0 Å². The van der Waals surface area contributed by atoms with Crippen molar-refractivity contribution in [1.82, 2.24) is 0 Å². The lowest BCUT2D eigenvalue weighted by molar-refractivity contribution is 0.334. The van der Waals surface area contributed by atoms with Gasteiger partial charge in [-0.25, -0.2) is 0 Å². The summed E-state index contributed by atoms with van der Waals surface area (Å²) >= 11 is 0. The maximum Gasteiger partial charge on any atom is 0.0844 e. The van der Waals surface area contributed by atoms with E-state index in [0.717, 1.165) is 11.8 Å². The molecular formula is C23H44OSi2. The average molecular weight is 393 g/mol. The fourth-order valence-electron chi connectivity index (χ4n) is 6.08. The third kappa shape index (κ3) is 5.47. The van der Waals surface area contributed by atoms with E-state index >= 15 is 0 Å². The zero-order chi connectivity index (χ0) is 18.4. The number of hydrogen-bond acceptors (Lipinski definition) is 1. The van der Waals surface area contributed by atoms with Gasteiger partial charge in [-0.3, -0.25) is 0 Å². The van der Waals surface area contributed by atoms with Crippen molar-refractivity contribution < 1.29 is 4.74 Å². The lowest BCUT2D eigenvalue weighted by Gasteiger charge is -2.32. The van der Waals surface area contributed by atoms with Gasteiger partial charge in [0.2, 0.25) is 0 Å². The Labute approximate surface area is 165 Å². The van der Waals surface area contributed by atoms with Crippen LogP contribution in [-0.2, 0) is 4.74 Å². The van der Waals surface area contributed by atoms with Gasteiger partial charge in [0.25, 0.3) is 0 Å². The summed E-state index contributed by atoms with van der Waals surface area (Å²) in [6, 6.07) is 6.41. The zero-order valence-corrected chi connectivity index (χ0v) is 20.1. The topological polar surface area (TPSA) is 12.5 Å². The Morgan fingerprint density at radius 1 is 0.615 bits per heavy atom. The second-order valence-electron chi connectivity index (χ2n) is 12.2. The Bertz CT molecular complexity index is 445. The molecule has 1 saturated heterocycles. The predicted octanol–water partition coefficient (Wildman–Crippen LogP) is 7.19. The molecule has 4 fully saturated rings. The normalized spacial score (nSPS) is 39.2. The van der Waals surface area contributed by atoms with Gasteiger partial charge in [0.1, 0.15) is 0 Å². The smallest absolute Gasteiger partial charge is 0.0844 e. The molecule has 0 amide bonds. The molecule has 3 aliphatic carbocycles. The molecule has 26 heavy (non-hydrogen) atoms. The minimum absolute atomic E-state index is 0.676. The van der Waals surface area contributed by atoms with Crippen LogP contribution in [0, 0.1) is 23.7 Å². The molecule has 0 bridgehead atoms. The van der Waals surface area contributed by atoms with Gasteiger partial charge >= 0.3 is 0 Å². The maximum absolute atomic E-state index is 5.74. The number of fused-ring (bicyclic) bond motifs is 2. The fourth-order valence-corrected chi connectivity index (χ4v) is 14.4. The van der Waals surface area contributed by atoms with Crippen LogP contribution in [0.15, 0.2) is 0 Å². The van der Waals surface area contributed by atoms with Crippen molar-refractivity contribution in [1.29, 1.82) is 0 Å². The van der Waals surface area contributed by atoms with Crippen LogP contribution >= 0.6 is 0 Å². The van der Waals surface area contributed by atoms with Gasteiger partial charge in [0.15, 0.2) is 0 Å². The highest BCUT2D eigenvalue weighted by atomic mass is 28.3. The van der Waals surface area contributed by atoms with Crippen LogP contribution < -0.4 is 0 Å². The van der Waals surface area contributed by atoms with E-state index in [1.54, 1.807) is 56.3 Å². The summed E-state index contributed by atoms with van der Waals surface area (Å²) < 4.78 is 5.74. The van der Waals surface area contributed by atoms with E-state index < -0.39 is 16.1 Å². The number of hydrogen-bond donors (Lipinski definition) is 0. The lowest BCUT2D eigenvalue weighted by Crippen LogP contribution is -2.33. The van der Waals surface area contributed by atoms with E-state index in [-0.39, 0.29) is 0 Å². The van der Waals surface area contributed by atoms with Gasteiger partial charge in [0, 0.05) is 16.1 Å². The summed E-state index contributed by atoms with van der Waals surface area (Å²) in [7, 11) is -1.95. The largest absolute Gasteiger partial charge is 0.370 e. The Morgan fingerprint density at radius 3 is 1.85 bits per heavy atom. The van der Waals surface area contributed by atoms with Crippen LogP contribution in [0.1, 0.15) is 57.8 Å². The minimum atomic E-state index is -0.984. The van der Waals surface area contributed by atoms with Crippen LogP contribution in [0.4, 0.5) is 0 Å². The van der Waals surface area contributed by atoms with Crippen LogP contribution in [0.3, 0.4) is 0 Å². The van der Waals surface area contributed by atoms with E-state index in [9.17, 15) is 0 Å². The first-order chi connectivity index (χ1) is 12.3. The highest BCUT2D eigenvalue weighted by Crippen LogP contribution is 2.52. The van der Waals surface area contributed by atoms with Crippen LogP contribution in [0.5, 0.6) is 0 Å². The average Bonchev–Trinajstić information content (AvgIpc) is 3.50. The van der Waals surface area contributed by atoms with Crippen molar-refractivity contribution in [2.75, 3.05) is 0 Å². The highest BCUT2D eigenvalue weighted by molar-refractivity contribution is 6.82. The van der Waals surface area contributed by atoms with E-state index in [2.05, 4.69) is 26.2 Å². The Kier molecular flexibility index (Phi) is 5.81.